The predicted molar refractivity (Wildman–Crippen MR) is 111 cm³/mol. The highest BCUT2D eigenvalue weighted by atomic mass is 32.2. The number of fused-ring (bicyclic) bond motifs is 3. The van der Waals surface area contributed by atoms with Crippen molar-refractivity contribution in [3.8, 4) is 11.1 Å². The second-order valence-corrected chi connectivity index (χ2v) is 8.99. The lowest BCUT2D eigenvalue weighted by Gasteiger charge is -2.08. The van der Waals surface area contributed by atoms with Crippen LogP contribution in [0.4, 0.5) is 0 Å². The van der Waals surface area contributed by atoms with Gasteiger partial charge in [-0.25, -0.2) is 8.42 Å². The number of rotatable bonds is 6. The number of sulfone groups is 1. The van der Waals surface area contributed by atoms with Crippen LogP contribution in [-0.4, -0.2) is 32.4 Å². The molecule has 6 heteroatoms. The van der Waals surface area contributed by atoms with Crippen LogP contribution in [0, 0.1) is 0 Å². The average molecular weight is 405 g/mol. The van der Waals surface area contributed by atoms with Crippen LogP contribution in [0.2, 0.25) is 0 Å². The number of ketones is 1. The molecule has 5 nitrogen and oxygen atoms in total. The first-order valence-corrected chi connectivity index (χ1v) is 11.0. The molecule has 0 radical (unpaired) electrons. The van der Waals surface area contributed by atoms with Crippen molar-refractivity contribution in [2.75, 3.05) is 12.3 Å². The minimum Gasteiger partial charge on any atom is -0.352 e. The quantitative estimate of drug-likeness (QED) is 0.498. The van der Waals surface area contributed by atoms with Gasteiger partial charge in [0.05, 0.1) is 10.6 Å². The van der Waals surface area contributed by atoms with Crippen LogP contribution in [0.1, 0.15) is 32.7 Å². The van der Waals surface area contributed by atoms with E-state index in [4.69, 9.17) is 0 Å². The Balaban J connectivity index is 1.39. The summed E-state index contributed by atoms with van der Waals surface area (Å²) < 4.78 is 24.5. The van der Waals surface area contributed by atoms with Gasteiger partial charge < -0.3 is 5.32 Å². The highest BCUT2D eigenvalue weighted by Gasteiger charge is 2.27. The average Bonchev–Trinajstić information content (AvgIpc) is 3.04. The lowest BCUT2D eigenvalue weighted by atomic mass is 10.0. The maximum absolute atomic E-state index is 12.6. The van der Waals surface area contributed by atoms with E-state index in [2.05, 4.69) is 5.32 Å². The maximum atomic E-state index is 12.6. The summed E-state index contributed by atoms with van der Waals surface area (Å²) in [6, 6.07) is 20.7. The van der Waals surface area contributed by atoms with Crippen molar-refractivity contribution in [1.29, 1.82) is 0 Å². The molecule has 4 rings (SSSR count). The number of hydrogen-bond acceptors (Lipinski definition) is 4. The molecule has 29 heavy (non-hydrogen) atoms. The zero-order chi connectivity index (χ0) is 20.4. The van der Waals surface area contributed by atoms with E-state index in [-0.39, 0.29) is 28.9 Å². The molecular weight excluding hydrogens is 386 g/mol. The van der Waals surface area contributed by atoms with E-state index in [1.165, 1.54) is 0 Å². The Morgan fingerprint density at radius 3 is 2.21 bits per heavy atom. The fourth-order valence-electron chi connectivity index (χ4n) is 3.48. The molecule has 0 fully saturated rings. The van der Waals surface area contributed by atoms with Crippen molar-refractivity contribution >= 4 is 21.5 Å². The summed E-state index contributed by atoms with van der Waals surface area (Å²) in [7, 11) is -3.36. The Morgan fingerprint density at radius 2 is 1.45 bits per heavy atom. The molecule has 1 aliphatic rings. The second-order valence-electron chi connectivity index (χ2n) is 6.88. The third-order valence-electron chi connectivity index (χ3n) is 4.97. The van der Waals surface area contributed by atoms with Gasteiger partial charge in [0, 0.05) is 23.2 Å². The van der Waals surface area contributed by atoms with E-state index in [1.807, 2.05) is 18.2 Å². The monoisotopic (exact) mass is 405 g/mol. The van der Waals surface area contributed by atoms with Gasteiger partial charge in [0.25, 0.3) is 5.91 Å². The van der Waals surface area contributed by atoms with Crippen LogP contribution in [0.5, 0.6) is 0 Å². The number of benzene rings is 3. The molecule has 0 heterocycles. The fraction of sp³-hybridized carbons (Fsp3) is 0.130. The summed E-state index contributed by atoms with van der Waals surface area (Å²) in [6.45, 7) is 0.232. The Kier molecular flexibility index (Phi) is 5.03. The Morgan fingerprint density at radius 1 is 0.793 bits per heavy atom. The van der Waals surface area contributed by atoms with Gasteiger partial charge in [0.15, 0.2) is 15.6 Å². The van der Waals surface area contributed by atoms with Crippen LogP contribution in [-0.2, 0) is 9.84 Å². The molecule has 0 atom stereocenters. The van der Waals surface area contributed by atoms with Gasteiger partial charge in [-0.15, -0.1) is 0 Å². The van der Waals surface area contributed by atoms with Crippen LogP contribution >= 0.6 is 0 Å². The van der Waals surface area contributed by atoms with Crippen molar-refractivity contribution in [3.63, 3.8) is 0 Å². The topological polar surface area (TPSA) is 80.3 Å². The van der Waals surface area contributed by atoms with Crippen molar-refractivity contribution in [3.05, 3.63) is 89.5 Å². The van der Waals surface area contributed by atoms with E-state index in [0.717, 1.165) is 11.1 Å². The van der Waals surface area contributed by atoms with E-state index in [0.29, 0.717) is 23.1 Å². The molecule has 0 aliphatic heterocycles. The Labute approximate surface area is 169 Å². The molecule has 1 amide bonds. The van der Waals surface area contributed by atoms with Gasteiger partial charge >= 0.3 is 0 Å². The van der Waals surface area contributed by atoms with E-state index in [1.54, 1.807) is 54.6 Å². The van der Waals surface area contributed by atoms with Crippen molar-refractivity contribution in [1.82, 2.24) is 5.32 Å². The first-order chi connectivity index (χ1) is 14.0. The fourth-order valence-corrected chi connectivity index (χ4v) is 4.81. The van der Waals surface area contributed by atoms with E-state index in [9.17, 15) is 18.0 Å². The summed E-state index contributed by atoms with van der Waals surface area (Å²) in [4.78, 5) is 25.3. The van der Waals surface area contributed by atoms with Gasteiger partial charge in [0.1, 0.15) is 0 Å². The summed E-state index contributed by atoms with van der Waals surface area (Å²) in [5.74, 6) is -0.456. The van der Waals surface area contributed by atoms with Crippen LogP contribution < -0.4 is 5.32 Å². The SMILES string of the molecule is O=C(NCCCS(=O)(=O)c1ccccc1)c1ccc2c(c1)C(=O)c1ccccc1-2. The van der Waals surface area contributed by atoms with Crippen LogP contribution in [0.3, 0.4) is 0 Å². The summed E-state index contributed by atoms with van der Waals surface area (Å²) >= 11 is 0. The molecule has 0 bridgehead atoms. The maximum Gasteiger partial charge on any atom is 0.251 e. The van der Waals surface area contributed by atoms with Crippen LogP contribution in [0.15, 0.2) is 77.7 Å². The van der Waals surface area contributed by atoms with Gasteiger partial charge in [-0.2, -0.15) is 0 Å². The summed E-state index contributed by atoms with van der Waals surface area (Å²) in [5, 5.41) is 2.74. The minimum atomic E-state index is -3.36. The Bertz CT molecular complexity index is 1200. The minimum absolute atomic E-state index is 0.0464. The third-order valence-corrected chi connectivity index (χ3v) is 6.78. The third kappa shape index (κ3) is 3.71. The molecule has 0 aromatic heterocycles. The highest BCUT2D eigenvalue weighted by molar-refractivity contribution is 7.91. The Hall–Kier alpha value is -3.25. The molecule has 146 valence electrons. The first-order valence-electron chi connectivity index (χ1n) is 9.31. The number of amides is 1. The van der Waals surface area contributed by atoms with E-state index < -0.39 is 9.84 Å². The van der Waals surface area contributed by atoms with Gasteiger partial charge in [-0.1, -0.05) is 48.5 Å². The molecule has 0 saturated carbocycles. The van der Waals surface area contributed by atoms with Gasteiger partial charge in [-0.3, -0.25) is 9.59 Å². The standard InChI is InChI=1S/C23H19NO4S/c25-22-20-10-5-4-9-18(20)19-12-11-16(15-21(19)22)23(26)24-13-6-14-29(27,28)17-7-2-1-3-8-17/h1-5,7-12,15H,6,13-14H2,(H,24,26). The number of carbonyl (C=O) groups excluding carboxylic acids is 2. The molecular formula is C23H19NO4S. The molecule has 1 aliphatic carbocycles. The normalized spacial score (nSPS) is 12.3. The largest absolute Gasteiger partial charge is 0.352 e. The van der Waals surface area contributed by atoms with Crippen molar-refractivity contribution < 1.29 is 18.0 Å². The van der Waals surface area contributed by atoms with Gasteiger partial charge in [-0.05, 0) is 41.8 Å². The van der Waals surface area contributed by atoms with Crippen LogP contribution in [0.25, 0.3) is 11.1 Å². The lowest BCUT2D eigenvalue weighted by Crippen LogP contribution is -2.26. The van der Waals surface area contributed by atoms with Crippen molar-refractivity contribution in [2.24, 2.45) is 0 Å². The first kappa shape index (κ1) is 19.1. The van der Waals surface area contributed by atoms with Gasteiger partial charge in [0.2, 0.25) is 0 Å². The second kappa shape index (κ2) is 7.64. The summed E-state index contributed by atoms with van der Waals surface area (Å²) in [6.07, 6.45) is 0.304. The molecule has 0 spiro atoms. The number of carbonyl (C=O) groups is 2. The van der Waals surface area contributed by atoms with Crippen molar-refractivity contribution in [2.45, 2.75) is 11.3 Å². The zero-order valence-corrected chi connectivity index (χ0v) is 16.4. The summed E-state index contributed by atoms with van der Waals surface area (Å²) in [5.41, 5.74) is 3.26. The predicted octanol–water partition coefficient (Wildman–Crippen LogP) is 3.49. The molecule has 1 N–H and O–H groups in total. The lowest BCUT2D eigenvalue weighted by molar-refractivity contribution is 0.0953. The molecule has 3 aromatic carbocycles. The highest BCUT2D eigenvalue weighted by Crippen LogP contribution is 2.36. The number of hydrogen-bond donors (Lipinski definition) is 1. The number of nitrogens with one attached hydrogen (secondary N) is 1. The molecule has 3 aromatic rings. The zero-order valence-electron chi connectivity index (χ0n) is 15.6. The van der Waals surface area contributed by atoms with E-state index >= 15 is 0 Å². The smallest absolute Gasteiger partial charge is 0.251 e. The molecule has 0 unspecified atom stereocenters. The molecule has 0 saturated heterocycles.